The predicted octanol–water partition coefficient (Wildman–Crippen LogP) is 0.865. The summed E-state index contributed by atoms with van der Waals surface area (Å²) < 4.78 is 0. The molecule has 0 bridgehead atoms. The van der Waals surface area contributed by atoms with E-state index in [0.29, 0.717) is 12.8 Å². The minimum absolute atomic E-state index is 0.355. The summed E-state index contributed by atoms with van der Waals surface area (Å²) in [6.45, 7) is 5.10. The van der Waals surface area contributed by atoms with Gasteiger partial charge in [0, 0.05) is 5.92 Å². The van der Waals surface area contributed by atoms with E-state index < -0.39 is 24.1 Å². The number of carbonyl (C=O) groups is 1. The van der Waals surface area contributed by atoms with Gasteiger partial charge in [-0.05, 0) is 19.8 Å². The molecule has 0 amide bonds. The van der Waals surface area contributed by atoms with Gasteiger partial charge in [-0.2, -0.15) is 0 Å². The van der Waals surface area contributed by atoms with Crippen LogP contribution in [0.4, 0.5) is 0 Å². The molecule has 0 aliphatic carbocycles. The largest absolute Gasteiger partial charge is 0.481 e. The summed E-state index contributed by atoms with van der Waals surface area (Å²) in [6.07, 6.45) is -0.500. The Morgan fingerprint density at radius 1 is 1.21 bits per heavy atom. The summed E-state index contributed by atoms with van der Waals surface area (Å²) in [5, 5.41) is 28.0. The lowest BCUT2D eigenvalue weighted by atomic mass is 9.85. The van der Waals surface area contributed by atoms with E-state index in [-0.39, 0.29) is 5.92 Å². The van der Waals surface area contributed by atoms with Crippen LogP contribution in [0, 0.1) is 11.8 Å². The van der Waals surface area contributed by atoms with Crippen molar-refractivity contribution in [3.8, 4) is 0 Å². The van der Waals surface area contributed by atoms with Gasteiger partial charge in [-0.1, -0.05) is 13.8 Å². The molecule has 0 aromatic heterocycles. The molecule has 0 radical (unpaired) electrons. The van der Waals surface area contributed by atoms with Crippen molar-refractivity contribution in [2.24, 2.45) is 11.8 Å². The third kappa shape index (κ3) is 3.27. The molecule has 0 aromatic rings. The normalized spacial score (nSPS) is 19.8. The van der Waals surface area contributed by atoms with E-state index in [2.05, 4.69) is 0 Å². The molecule has 0 fully saturated rings. The van der Waals surface area contributed by atoms with E-state index in [4.69, 9.17) is 5.11 Å². The SMILES string of the molecule is CCC(O)C(CC)C(O)C(C)C(=O)O. The Hall–Kier alpha value is -0.610. The lowest BCUT2D eigenvalue weighted by Crippen LogP contribution is -2.38. The standard InChI is InChI=1S/C10H20O4/c1-4-7(8(11)5-2)9(12)6(3)10(13)14/h6-9,11-12H,4-5H2,1-3H3,(H,13,14). The summed E-state index contributed by atoms with van der Waals surface area (Å²) >= 11 is 0. The first-order chi connectivity index (χ1) is 6.45. The van der Waals surface area contributed by atoms with E-state index in [0.717, 1.165) is 0 Å². The average Bonchev–Trinajstić information content (AvgIpc) is 2.16. The first-order valence-electron chi connectivity index (χ1n) is 5.04. The van der Waals surface area contributed by atoms with Crippen LogP contribution in [0.2, 0.25) is 0 Å². The van der Waals surface area contributed by atoms with Crippen molar-refractivity contribution in [1.82, 2.24) is 0 Å². The van der Waals surface area contributed by atoms with Crippen LogP contribution in [0.5, 0.6) is 0 Å². The van der Waals surface area contributed by atoms with E-state index in [9.17, 15) is 15.0 Å². The fourth-order valence-corrected chi connectivity index (χ4v) is 1.56. The Balaban J connectivity index is 4.44. The van der Waals surface area contributed by atoms with Crippen LogP contribution in [0.25, 0.3) is 0 Å². The Bertz CT molecular complexity index is 181. The predicted molar refractivity (Wildman–Crippen MR) is 52.9 cm³/mol. The number of carboxylic acids is 1. The van der Waals surface area contributed by atoms with E-state index >= 15 is 0 Å². The van der Waals surface area contributed by atoms with Crippen molar-refractivity contribution in [3.63, 3.8) is 0 Å². The van der Waals surface area contributed by atoms with Crippen LogP contribution in [-0.2, 0) is 4.79 Å². The third-order valence-corrected chi connectivity index (χ3v) is 2.72. The molecule has 0 saturated carbocycles. The molecular formula is C10H20O4. The Morgan fingerprint density at radius 2 is 1.71 bits per heavy atom. The molecule has 4 heteroatoms. The fourth-order valence-electron chi connectivity index (χ4n) is 1.56. The summed E-state index contributed by atoms with van der Waals surface area (Å²) in [5.41, 5.74) is 0. The lowest BCUT2D eigenvalue weighted by molar-refractivity contribution is -0.147. The number of carboxylic acid groups (broad SMARTS) is 1. The van der Waals surface area contributed by atoms with Crippen molar-refractivity contribution in [2.45, 2.75) is 45.8 Å². The Kier molecular flexibility index (Phi) is 5.72. The number of hydrogen-bond acceptors (Lipinski definition) is 3. The van der Waals surface area contributed by atoms with Gasteiger partial charge in [-0.25, -0.2) is 0 Å². The molecule has 3 N–H and O–H groups in total. The zero-order valence-electron chi connectivity index (χ0n) is 8.97. The first kappa shape index (κ1) is 13.4. The van der Waals surface area contributed by atoms with E-state index in [1.54, 1.807) is 0 Å². The highest BCUT2D eigenvalue weighted by molar-refractivity contribution is 5.70. The Labute approximate surface area is 84.6 Å². The van der Waals surface area contributed by atoms with Gasteiger partial charge in [-0.15, -0.1) is 0 Å². The van der Waals surface area contributed by atoms with Gasteiger partial charge in [0.25, 0.3) is 0 Å². The van der Waals surface area contributed by atoms with Crippen LogP contribution < -0.4 is 0 Å². The maximum Gasteiger partial charge on any atom is 0.308 e. The second-order valence-electron chi connectivity index (χ2n) is 3.67. The van der Waals surface area contributed by atoms with Crippen LogP contribution >= 0.6 is 0 Å². The van der Waals surface area contributed by atoms with Crippen molar-refractivity contribution in [1.29, 1.82) is 0 Å². The smallest absolute Gasteiger partial charge is 0.308 e. The molecule has 0 aromatic carbocycles. The number of hydrogen-bond donors (Lipinski definition) is 3. The van der Waals surface area contributed by atoms with Crippen molar-refractivity contribution < 1.29 is 20.1 Å². The number of aliphatic hydroxyl groups excluding tert-OH is 2. The van der Waals surface area contributed by atoms with Crippen molar-refractivity contribution >= 4 is 5.97 Å². The van der Waals surface area contributed by atoms with E-state index in [1.807, 2.05) is 13.8 Å². The van der Waals surface area contributed by atoms with Gasteiger partial charge < -0.3 is 15.3 Å². The third-order valence-electron chi connectivity index (χ3n) is 2.72. The summed E-state index contributed by atoms with van der Waals surface area (Å²) in [7, 11) is 0. The maximum absolute atomic E-state index is 10.6. The first-order valence-corrected chi connectivity index (χ1v) is 5.04. The zero-order chi connectivity index (χ0) is 11.3. The monoisotopic (exact) mass is 204 g/mol. The summed E-state index contributed by atoms with van der Waals surface area (Å²) in [5.74, 6) is -2.22. The van der Waals surface area contributed by atoms with Gasteiger partial charge in [0.15, 0.2) is 0 Å². The van der Waals surface area contributed by atoms with Gasteiger partial charge in [0.05, 0.1) is 18.1 Å². The molecule has 0 rings (SSSR count). The van der Waals surface area contributed by atoms with Crippen LogP contribution in [0.1, 0.15) is 33.6 Å². The molecule has 0 spiro atoms. The summed E-state index contributed by atoms with van der Waals surface area (Å²) in [6, 6.07) is 0. The highest BCUT2D eigenvalue weighted by atomic mass is 16.4. The molecular weight excluding hydrogens is 184 g/mol. The van der Waals surface area contributed by atoms with E-state index in [1.165, 1.54) is 6.92 Å². The van der Waals surface area contributed by atoms with Crippen molar-refractivity contribution in [2.75, 3.05) is 0 Å². The minimum atomic E-state index is -1.03. The van der Waals surface area contributed by atoms with Gasteiger partial charge >= 0.3 is 5.97 Å². The fraction of sp³-hybridized carbons (Fsp3) is 0.900. The van der Waals surface area contributed by atoms with Gasteiger partial charge in [0.2, 0.25) is 0 Å². The minimum Gasteiger partial charge on any atom is -0.481 e. The van der Waals surface area contributed by atoms with Crippen molar-refractivity contribution in [3.05, 3.63) is 0 Å². The molecule has 4 unspecified atom stereocenters. The van der Waals surface area contributed by atoms with Crippen LogP contribution in [0.15, 0.2) is 0 Å². The van der Waals surface area contributed by atoms with Gasteiger partial charge in [-0.3, -0.25) is 4.79 Å². The second-order valence-corrected chi connectivity index (χ2v) is 3.67. The highest BCUT2D eigenvalue weighted by Gasteiger charge is 2.31. The summed E-state index contributed by atoms with van der Waals surface area (Å²) in [4.78, 5) is 10.6. The highest BCUT2D eigenvalue weighted by Crippen LogP contribution is 2.22. The maximum atomic E-state index is 10.6. The molecule has 14 heavy (non-hydrogen) atoms. The zero-order valence-corrected chi connectivity index (χ0v) is 8.97. The molecule has 0 aliphatic heterocycles. The number of rotatable bonds is 6. The molecule has 0 saturated heterocycles. The average molecular weight is 204 g/mol. The Morgan fingerprint density at radius 3 is 2.00 bits per heavy atom. The molecule has 4 nitrogen and oxygen atoms in total. The number of aliphatic hydroxyl groups is 2. The van der Waals surface area contributed by atoms with Crippen LogP contribution in [-0.4, -0.2) is 33.5 Å². The molecule has 0 heterocycles. The second kappa shape index (κ2) is 5.98. The molecule has 4 atom stereocenters. The quantitative estimate of drug-likeness (QED) is 0.599. The van der Waals surface area contributed by atoms with Crippen LogP contribution in [0.3, 0.4) is 0 Å². The molecule has 84 valence electrons. The van der Waals surface area contributed by atoms with Gasteiger partial charge in [0.1, 0.15) is 0 Å². The number of aliphatic carboxylic acids is 1. The topological polar surface area (TPSA) is 77.8 Å². The molecule has 0 aliphatic rings. The lowest BCUT2D eigenvalue weighted by Gasteiger charge is -2.28.